The van der Waals surface area contributed by atoms with Gasteiger partial charge in [0.25, 0.3) is 0 Å². The molecule has 1 aromatic heterocycles. The number of imidazole rings is 1. The van der Waals surface area contributed by atoms with Gasteiger partial charge in [0.1, 0.15) is 5.82 Å². The van der Waals surface area contributed by atoms with Crippen LogP contribution in [0.15, 0.2) is 57.5 Å². The normalized spacial score (nSPS) is 10.8. The molecule has 0 bridgehead atoms. The second-order valence-corrected chi connectivity index (χ2v) is 6.71. The molecular weight excluding hydrogens is 392 g/mol. The largest absolute Gasteiger partial charge is 0.345 e. The first kappa shape index (κ1) is 14.5. The van der Waals surface area contributed by atoms with Crippen molar-refractivity contribution in [3.05, 3.63) is 74.6 Å². The number of benzene rings is 2. The SMILES string of the molecule is Cc1[nH]c(Cc2cccc(Br)c2)nc1-c1ccccc1Br. The van der Waals surface area contributed by atoms with E-state index in [1.165, 1.54) is 5.56 Å². The number of aromatic amines is 1. The van der Waals surface area contributed by atoms with Gasteiger partial charge in [0, 0.05) is 26.6 Å². The van der Waals surface area contributed by atoms with Crippen molar-refractivity contribution in [2.24, 2.45) is 0 Å². The third kappa shape index (κ3) is 3.27. The number of nitrogens with zero attached hydrogens (tertiary/aromatic N) is 1. The first-order valence-corrected chi connectivity index (χ1v) is 8.27. The summed E-state index contributed by atoms with van der Waals surface area (Å²) in [5.74, 6) is 0.983. The van der Waals surface area contributed by atoms with Gasteiger partial charge in [-0.25, -0.2) is 4.98 Å². The monoisotopic (exact) mass is 404 g/mol. The molecule has 21 heavy (non-hydrogen) atoms. The van der Waals surface area contributed by atoms with Gasteiger partial charge in [0.2, 0.25) is 0 Å². The van der Waals surface area contributed by atoms with E-state index in [2.05, 4.69) is 62.0 Å². The molecule has 0 fully saturated rings. The molecule has 0 saturated carbocycles. The summed E-state index contributed by atoms with van der Waals surface area (Å²) in [6, 6.07) is 16.5. The highest BCUT2D eigenvalue weighted by Gasteiger charge is 2.11. The summed E-state index contributed by atoms with van der Waals surface area (Å²) in [6.07, 6.45) is 0.796. The molecule has 0 amide bonds. The molecule has 0 aliphatic carbocycles. The Morgan fingerprint density at radius 1 is 1.05 bits per heavy atom. The maximum atomic E-state index is 4.76. The molecule has 0 atom stereocenters. The molecule has 4 heteroatoms. The standard InChI is InChI=1S/C17H14Br2N2/c1-11-17(14-7-2-3-8-15(14)19)21-16(20-11)10-12-5-4-6-13(18)9-12/h2-9H,10H2,1H3,(H,20,21). The van der Waals surface area contributed by atoms with Gasteiger partial charge in [-0.3, -0.25) is 0 Å². The van der Waals surface area contributed by atoms with Gasteiger partial charge >= 0.3 is 0 Å². The van der Waals surface area contributed by atoms with E-state index in [0.29, 0.717) is 0 Å². The van der Waals surface area contributed by atoms with Crippen LogP contribution >= 0.6 is 31.9 Å². The van der Waals surface area contributed by atoms with Crippen LogP contribution in [0.2, 0.25) is 0 Å². The van der Waals surface area contributed by atoms with Crippen molar-refractivity contribution in [3.63, 3.8) is 0 Å². The summed E-state index contributed by atoms with van der Waals surface area (Å²) in [4.78, 5) is 8.16. The van der Waals surface area contributed by atoms with Crippen LogP contribution in [0.25, 0.3) is 11.3 Å². The van der Waals surface area contributed by atoms with Crippen molar-refractivity contribution in [2.75, 3.05) is 0 Å². The Labute approximate surface area is 140 Å². The van der Waals surface area contributed by atoms with E-state index >= 15 is 0 Å². The number of H-pyrrole nitrogens is 1. The molecule has 2 aromatic carbocycles. The van der Waals surface area contributed by atoms with E-state index in [4.69, 9.17) is 4.98 Å². The van der Waals surface area contributed by atoms with Gasteiger partial charge in [-0.1, -0.05) is 62.2 Å². The van der Waals surface area contributed by atoms with Crippen LogP contribution < -0.4 is 0 Å². The number of hydrogen-bond donors (Lipinski definition) is 1. The molecule has 3 rings (SSSR count). The van der Waals surface area contributed by atoms with Crippen molar-refractivity contribution in [1.29, 1.82) is 0 Å². The number of rotatable bonds is 3. The molecule has 0 aliphatic rings. The second kappa shape index (κ2) is 6.16. The van der Waals surface area contributed by atoms with Crippen LogP contribution in [0, 0.1) is 6.92 Å². The van der Waals surface area contributed by atoms with E-state index in [1.807, 2.05) is 30.3 Å². The zero-order chi connectivity index (χ0) is 14.8. The maximum absolute atomic E-state index is 4.76. The summed E-state index contributed by atoms with van der Waals surface area (Å²) in [5, 5.41) is 0. The third-order valence-electron chi connectivity index (χ3n) is 3.32. The molecule has 0 saturated heterocycles. The van der Waals surface area contributed by atoms with Gasteiger partial charge in [0.15, 0.2) is 0 Å². The van der Waals surface area contributed by atoms with Crippen LogP contribution in [-0.4, -0.2) is 9.97 Å². The molecule has 1 heterocycles. The number of nitrogens with one attached hydrogen (secondary N) is 1. The van der Waals surface area contributed by atoms with Crippen molar-refractivity contribution in [1.82, 2.24) is 9.97 Å². The Kier molecular flexibility index (Phi) is 4.27. The van der Waals surface area contributed by atoms with Crippen molar-refractivity contribution >= 4 is 31.9 Å². The predicted octanol–water partition coefficient (Wildman–Crippen LogP) is 5.50. The minimum absolute atomic E-state index is 0.796. The smallest absolute Gasteiger partial charge is 0.111 e. The first-order valence-electron chi connectivity index (χ1n) is 6.68. The van der Waals surface area contributed by atoms with Crippen molar-refractivity contribution < 1.29 is 0 Å². The van der Waals surface area contributed by atoms with Gasteiger partial charge in [-0.15, -0.1) is 0 Å². The molecule has 106 valence electrons. The first-order chi connectivity index (χ1) is 10.1. The van der Waals surface area contributed by atoms with Crippen molar-refractivity contribution in [2.45, 2.75) is 13.3 Å². The summed E-state index contributed by atoms with van der Waals surface area (Å²) in [7, 11) is 0. The number of hydrogen-bond acceptors (Lipinski definition) is 1. The topological polar surface area (TPSA) is 28.7 Å². The molecule has 3 aromatic rings. The lowest BCUT2D eigenvalue weighted by atomic mass is 10.1. The Morgan fingerprint density at radius 3 is 2.62 bits per heavy atom. The average Bonchev–Trinajstić information content (AvgIpc) is 2.80. The van der Waals surface area contributed by atoms with E-state index in [1.54, 1.807) is 0 Å². The third-order valence-corrected chi connectivity index (χ3v) is 4.51. The Bertz CT molecular complexity index is 778. The zero-order valence-electron chi connectivity index (χ0n) is 11.5. The molecule has 0 unspecified atom stereocenters. The van der Waals surface area contributed by atoms with Crippen LogP contribution in [0.5, 0.6) is 0 Å². The predicted molar refractivity (Wildman–Crippen MR) is 93.4 cm³/mol. The van der Waals surface area contributed by atoms with Crippen LogP contribution in [-0.2, 0) is 6.42 Å². The molecule has 0 aliphatic heterocycles. The molecule has 1 N–H and O–H groups in total. The molecule has 0 radical (unpaired) electrons. The van der Waals surface area contributed by atoms with Crippen LogP contribution in [0.1, 0.15) is 17.1 Å². The van der Waals surface area contributed by atoms with Gasteiger partial charge in [-0.05, 0) is 30.7 Å². The van der Waals surface area contributed by atoms with E-state index < -0.39 is 0 Å². The summed E-state index contributed by atoms with van der Waals surface area (Å²) in [6.45, 7) is 2.06. The fourth-order valence-electron chi connectivity index (χ4n) is 2.36. The quantitative estimate of drug-likeness (QED) is 0.612. The average molecular weight is 406 g/mol. The lowest BCUT2D eigenvalue weighted by Crippen LogP contribution is -1.90. The minimum Gasteiger partial charge on any atom is -0.345 e. The summed E-state index contributed by atoms with van der Waals surface area (Å²) < 4.78 is 2.16. The second-order valence-electron chi connectivity index (χ2n) is 4.94. The lowest BCUT2D eigenvalue weighted by molar-refractivity contribution is 1.02. The zero-order valence-corrected chi connectivity index (χ0v) is 14.7. The van der Waals surface area contributed by atoms with Crippen LogP contribution in [0.3, 0.4) is 0 Å². The summed E-state index contributed by atoms with van der Waals surface area (Å²) >= 11 is 7.10. The molecular formula is C17H14Br2N2. The van der Waals surface area contributed by atoms with E-state index in [-0.39, 0.29) is 0 Å². The van der Waals surface area contributed by atoms with Gasteiger partial charge < -0.3 is 4.98 Å². The maximum Gasteiger partial charge on any atom is 0.111 e. The molecule has 0 spiro atoms. The van der Waals surface area contributed by atoms with E-state index in [0.717, 1.165) is 38.1 Å². The number of aromatic nitrogens is 2. The lowest BCUT2D eigenvalue weighted by Gasteiger charge is -2.01. The highest BCUT2D eigenvalue weighted by atomic mass is 79.9. The highest BCUT2D eigenvalue weighted by Crippen LogP contribution is 2.29. The van der Waals surface area contributed by atoms with Crippen LogP contribution in [0.4, 0.5) is 0 Å². The minimum atomic E-state index is 0.796. The number of halogens is 2. The Balaban J connectivity index is 1.93. The summed E-state index contributed by atoms with van der Waals surface area (Å²) in [5.41, 5.74) is 4.45. The fraction of sp³-hybridized carbons (Fsp3) is 0.118. The van der Waals surface area contributed by atoms with Gasteiger partial charge in [0.05, 0.1) is 5.69 Å². The highest BCUT2D eigenvalue weighted by molar-refractivity contribution is 9.10. The van der Waals surface area contributed by atoms with Crippen molar-refractivity contribution in [3.8, 4) is 11.3 Å². The Hall–Kier alpha value is -1.39. The molecule has 2 nitrogen and oxygen atoms in total. The van der Waals surface area contributed by atoms with E-state index in [9.17, 15) is 0 Å². The fourth-order valence-corrected chi connectivity index (χ4v) is 3.28. The van der Waals surface area contributed by atoms with Gasteiger partial charge in [-0.2, -0.15) is 0 Å². The Morgan fingerprint density at radius 2 is 1.86 bits per heavy atom. The number of aryl methyl sites for hydroxylation is 1.